The molecule has 1 saturated heterocycles. The second kappa shape index (κ2) is 13.0. The van der Waals surface area contributed by atoms with Crippen molar-refractivity contribution in [2.45, 2.75) is 47.1 Å². The van der Waals surface area contributed by atoms with Crippen molar-refractivity contribution in [2.24, 2.45) is 10.9 Å². The number of halogens is 1. The third kappa shape index (κ3) is 6.85. The molecule has 2 heterocycles. The smallest absolute Gasteiger partial charge is 0.141 e. The van der Waals surface area contributed by atoms with Gasteiger partial charge in [-0.3, -0.25) is 4.98 Å². The van der Waals surface area contributed by atoms with Crippen molar-refractivity contribution in [1.29, 1.82) is 0 Å². The quantitative estimate of drug-likeness (QED) is 0.167. The van der Waals surface area contributed by atoms with E-state index in [2.05, 4.69) is 89.2 Å². The average Bonchev–Trinajstić information content (AvgIpc) is 2.91. The van der Waals surface area contributed by atoms with E-state index >= 15 is 0 Å². The van der Waals surface area contributed by atoms with Gasteiger partial charge in [0.2, 0.25) is 0 Å². The number of aromatic nitrogens is 1. The predicted octanol–water partition coefficient (Wildman–Crippen LogP) is 6.06. The average molecular weight is 544 g/mol. The van der Waals surface area contributed by atoms with E-state index in [1.165, 1.54) is 0 Å². The Bertz CT molecular complexity index is 1270. The monoisotopic (exact) mass is 543 g/mol. The van der Waals surface area contributed by atoms with E-state index in [1.54, 1.807) is 0 Å². The van der Waals surface area contributed by atoms with Gasteiger partial charge in [0.1, 0.15) is 13.7 Å². The Labute approximate surface area is 242 Å². The minimum Gasteiger partial charge on any atom is -0.368 e. The van der Waals surface area contributed by atoms with Gasteiger partial charge < -0.3 is 14.7 Å². The number of aryl methyl sites for hydroxylation is 2. The lowest BCUT2D eigenvalue weighted by molar-refractivity contribution is 0.227. The molecule has 2 unspecified atom stereocenters. The summed E-state index contributed by atoms with van der Waals surface area (Å²) in [6, 6.07) is 6.23. The van der Waals surface area contributed by atoms with Crippen molar-refractivity contribution in [2.75, 3.05) is 40.3 Å². The van der Waals surface area contributed by atoms with E-state index < -0.39 is 0 Å². The Morgan fingerprint density at radius 3 is 2.28 bits per heavy atom. The molecule has 0 bridgehead atoms. The number of nitrogens with zero attached hydrogens (tertiary/aromatic N) is 5. The number of allylic oxidation sites excluding steroid dienone is 2. The minimum absolute atomic E-state index is 0.141. The largest absolute Gasteiger partial charge is 0.368 e. The van der Waals surface area contributed by atoms with Crippen LogP contribution in [-0.2, 0) is 0 Å². The summed E-state index contributed by atoms with van der Waals surface area (Å²) in [5.74, 6) is 1.19. The molecule has 0 spiro atoms. The van der Waals surface area contributed by atoms with Gasteiger partial charge in [-0.05, 0) is 93.8 Å². The zero-order chi connectivity index (χ0) is 29.0. The third-order valence-corrected chi connectivity index (χ3v) is 8.25. The Kier molecular flexibility index (Phi) is 10.3. The Hall–Kier alpha value is -2.83. The second-order valence-corrected chi connectivity index (χ2v) is 11.2. The zero-order valence-electron chi connectivity index (χ0n) is 24.8. The molecular formula is C32H43BClN5. The number of benzene rings is 1. The lowest BCUT2D eigenvalue weighted by atomic mass is 9.90. The fraction of sp³-hybridized carbons (Fsp3) is 0.438. The summed E-state index contributed by atoms with van der Waals surface area (Å²) in [6.07, 6.45) is 2.80. The molecule has 3 rings (SSSR count). The topological polar surface area (TPSA) is 35.0 Å². The minimum atomic E-state index is 0.141. The molecular weight excluding hydrogens is 501 g/mol. The zero-order valence-corrected chi connectivity index (χ0v) is 25.6. The molecule has 2 atom stereocenters. The summed E-state index contributed by atoms with van der Waals surface area (Å²) in [5, 5.41) is 0.626. The van der Waals surface area contributed by atoms with Crippen molar-refractivity contribution in [3.8, 4) is 11.3 Å². The molecule has 2 radical (unpaired) electrons. The van der Waals surface area contributed by atoms with Crippen molar-refractivity contribution in [3.63, 3.8) is 0 Å². The van der Waals surface area contributed by atoms with Crippen LogP contribution in [0.4, 0.5) is 0 Å². The van der Waals surface area contributed by atoms with Gasteiger partial charge in [-0.1, -0.05) is 45.2 Å². The molecule has 1 aliphatic rings. The highest BCUT2D eigenvalue weighted by molar-refractivity contribution is 6.34. The van der Waals surface area contributed by atoms with Gasteiger partial charge in [0, 0.05) is 54.7 Å². The molecule has 0 N–H and O–H groups in total. The summed E-state index contributed by atoms with van der Waals surface area (Å²) in [7, 11) is 10.4. The lowest BCUT2D eigenvalue weighted by Gasteiger charge is -2.38. The number of hydrogen-bond acceptors (Lipinski definition) is 4. The van der Waals surface area contributed by atoms with Crippen LogP contribution in [0.5, 0.6) is 0 Å². The van der Waals surface area contributed by atoms with Crippen LogP contribution in [-0.4, -0.2) is 73.6 Å². The van der Waals surface area contributed by atoms with Gasteiger partial charge in [-0.15, -0.1) is 0 Å². The highest BCUT2D eigenvalue weighted by Gasteiger charge is 2.25. The van der Waals surface area contributed by atoms with Crippen LogP contribution >= 0.6 is 11.6 Å². The molecule has 39 heavy (non-hydrogen) atoms. The van der Waals surface area contributed by atoms with E-state index in [-0.39, 0.29) is 12.0 Å². The maximum Gasteiger partial charge on any atom is 0.141 e. The molecule has 206 valence electrons. The number of piperazine rings is 1. The molecule has 0 saturated carbocycles. The molecule has 1 aromatic heterocycles. The van der Waals surface area contributed by atoms with Gasteiger partial charge in [0.15, 0.2) is 0 Å². The molecule has 0 aliphatic carbocycles. The third-order valence-electron chi connectivity index (χ3n) is 7.94. The van der Waals surface area contributed by atoms with Crippen LogP contribution < -0.4 is 5.59 Å². The summed E-state index contributed by atoms with van der Waals surface area (Å²) in [4.78, 5) is 16.7. The molecule has 0 amide bonds. The first kappa shape index (κ1) is 30.7. The van der Waals surface area contributed by atoms with Crippen LogP contribution in [0.3, 0.4) is 0 Å². The van der Waals surface area contributed by atoms with Crippen molar-refractivity contribution in [3.05, 3.63) is 82.7 Å². The number of aliphatic imine (C=N–C) groups is 1. The van der Waals surface area contributed by atoms with Crippen molar-refractivity contribution >= 4 is 30.9 Å². The Morgan fingerprint density at radius 1 is 1.10 bits per heavy atom. The maximum atomic E-state index is 7.07. The summed E-state index contributed by atoms with van der Waals surface area (Å²) in [6.45, 7) is 26.3. The van der Waals surface area contributed by atoms with Crippen LogP contribution in [0.2, 0.25) is 5.02 Å². The fourth-order valence-electron chi connectivity index (χ4n) is 4.92. The second-order valence-electron chi connectivity index (χ2n) is 10.8. The van der Waals surface area contributed by atoms with Crippen LogP contribution in [0.15, 0.2) is 60.4 Å². The van der Waals surface area contributed by atoms with Gasteiger partial charge in [-0.25, -0.2) is 4.99 Å². The van der Waals surface area contributed by atoms with Crippen molar-refractivity contribution in [1.82, 2.24) is 19.7 Å². The normalized spacial score (nSPS) is 15.9. The number of hydrogen-bond donors (Lipinski definition) is 0. The first-order chi connectivity index (χ1) is 18.4. The SMILES string of the molecule is [B]c1cc(C)c(C(C)N(C)C)c(-c2cc(C)c(C(=NC(=C)C(C)CC)N3CCN(C(=C)C=C)CC3)cc2Cl)n1. The maximum absolute atomic E-state index is 7.07. The van der Waals surface area contributed by atoms with Crippen LogP contribution in [0.25, 0.3) is 11.3 Å². The Balaban J connectivity index is 2.13. The molecule has 1 aromatic carbocycles. The first-order valence-corrected chi connectivity index (χ1v) is 14.1. The molecule has 1 fully saturated rings. The molecule has 1 aliphatic heterocycles. The first-order valence-electron chi connectivity index (χ1n) is 13.7. The van der Waals surface area contributed by atoms with Crippen LogP contribution in [0, 0.1) is 19.8 Å². The number of rotatable bonds is 9. The molecule has 2 aromatic rings. The van der Waals surface area contributed by atoms with Gasteiger partial charge in [-0.2, -0.15) is 0 Å². The summed E-state index contributed by atoms with van der Waals surface area (Å²) >= 11 is 7.07. The van der Waals surface area contributed by atoms with E-state index in [9.17, 15) is 0 Å². The highest BCUT2D eigenvalue weighted by atomic mass is 35.5. The van der Waals surface area contributed by atoms with E-state index in [1.807, 2.05) is 18.2 Å². The molecule has 7 heteroatoms. The standard InChI is InChI=1S/C32H43BClN5/c1-11-20(3)24(7)35-32(39-15-13-38(14-16-39)23(6)12-2)26-19-28(34)27(17-21(26)4)31-30(25(8)37(9)10)22(5)18-29(33)36-31/h12,17-20,25H,2,6-7,11,13-16H2,1,3-5,8-10H3. The van der Waals surface area contributed by atoms with Gasteiger partial charge >= 0.3 is 0 Å². The van der Waals surface area contributed by atoms with Crippen LogP contribution in [0.1, 0.15) is 55.5 Å². The van der Waals surface area contributed by atoms with Gasteiger partial charge in [0.25, 0.3) is 0 Å². The molecule has 5 nitrogen and oxygen atoms in total. The number of amidine groups is 1. The van der Waals surface area contributed by atoms with Crippen molar-refractivity contribution < 1.29 is 0 Å². The lowest BCUT2D eigenvalue weighted by Crippen LogP contribution is -2.48. The fourth-order valence-corrected chi connectivity index (χ4v) is 5.17. The summed E-state index contributed by atoms with van der Waals surface area (Å²) < 4.78 is 0. The Morgan fingerprint density at radius 2 is 1.72 bits per heavy atom. The highest BCUT2D eigenvalue weighted by Crippen LogP contribution is 2.36. The number of pyridine rings is 1. The predicted molar refractivity (Wildman–Crippen MR) is 169 cm³/mol. The van der Waals surface area contributed by atoms with Gasteiger partial charge in [0.05, 0.1) is 10.7 Å². The summed E-state index contributed by atoms with van der Waals surface area (Å²) in [5.41, 5.74) is 8.33. The van der Waals surface area contributed by atoms with E-state index in [4.69, 9.17) is 29.4 Å². The van der Waals surface area contributed by atoms with E-state index in [0.29, 0.717) is 10.6 Å². The van der Waals surface area contributed by atoms with E-state index in [0.717, 1.165) is 83.3 Å².